The number of fused-ring (bicyclic) bond motifs is 1. The molecule has 0 spiro atoms. The molecule has 0 aliphatic carbocycles. The van der Waals surface area contributed by atoms with E-state index in [1.165, 1.54) is 11.3 Å². The molecule has 52 valence electrons. The zero-order chi connectivity index (χ0) is 7.14. The first-order valence-corrected chi connectivity index (χ1v) is 3.58. The Kier molecular flexibility index (Phi) is 0.906. The third-order valence-corrected chi connectivity index (χ3v) is 2.16. The normalized spacial score (nSPS) is 10.8. The van der Waals surface area contributed by atoms with Crippen LogP contribution in [0.3, 0.4) is 0 Å². The summed E-state index contributed by atoms with van der Waals surface area (Å²) in [6.45, 7) is 0. The first-order chi connectivity index (χ1) is 4.77. The Hall–Kier alpha value is -1.23. The molecule has 2 heterocycles. The first kappa shape index (κ1) is 5.55. The van der Waals surface area contributed by atoms with Gasteiger partial charge in [0.25, 0.3) is 0 Å². The zero-order valence-corrected chi connectivity index (χ0v) is 5.93. The molecule has 2 aromatic rings. The maximum atomic E-state index is 5.58. The average Bonchev–Trinajstić information content (AvgIpc) is 2.35. The molecule has 0 aliphatic rings. The lowest BCUT2D eigenvalue weighted by Gasteiger charge is -1.78. The van der Waals surface area contributed by atoms with Crippen molar-refractivity contribution in [1.29, 1.82) is 0 Å². The van der Waals surface area contributed by atoms with Crippen molar-refractivity contribution in [3.05, 3.63) is 12.3 Å². The standard InChI is InChI=1S/C5H6N4S/c6-3-1-2-9-4(3)10-5(7)8-9/h1-2H,6H2,(H2,7,8). The average molecular weight is 154 g/mol. The summed E-state index contributed by atoms with van der Waals surface area (Å²) in [5, 5.41) is 4.51. The molecular weight excluding hydrogens is 148 g/mol. The second-order valence-electron chi connectivity index (χ2n) is 1.96. The van der Waals surface area contributed by atoms with Crippen LogP contribution in [0.1, 0.15) is 0 Å². The molecule has 10 heavy (non-hydrogen) atoms. The number of hydrogen-bond donors (Lipinski definition) is 2. The molecule has 0 saturated carbocycles. The highest BCUT2D eigenvalue weighted by atomic mass is 32.1. The lowest BCUT2D eigenvalue weighted by Crippen LogP contribution is -1.84. The molecule has 0 saturated heterocycles. The fourth-order valence-corrected chi connectivity index (χ4v) is 1.54. The van der Waals surface area contributed by atoms with Crippen LogP contribution >= 0.6 is 11.3 Å². The van der Waals surface area contributed by atoms with Gasteiger partial charge in [0.1, 0.15) is 4.83 Å². The summed E-state index contributed by atoms with van der Waals surface area (Å²) in [6, 6.07) is 1.80. The highest BCUT2D eigenvalue weighted by Gasteiger charge is 2.02. The van der Waals surface area contributed by atoms with Crippen LogP contribution < -0.4 is 11.5 Å². The van der Waals surface area contributed by atoms with E-state index in [9.17, 15) is 0 Å². The molecule has 0 bridgehead atoms. The number of rotatable bonds is 0. The number of nitrogens with two attached hydrogens (primary N) is 2. The van der Waals surface area contributed by atoms with Gasteiger partial charge in [-0.25, -0.2) is 4.52 Å². The SMILES string of the molecule is Nc1nn2ccc(N)c2s1. The number of anilines is 2. The minimum Gasteiger partial charge on any atom is -0.396 e. The summed E-state index contributed by atoms with van der Waals surface area (Å²) < 4.78 is 1.68. The van der Waals surface area contributed by atoms with Crippen LogP contribution in [-0.4, -0.2) is 9.61 Å². The van der Waals surface area contributed by atoms with Crippen LogP contribution in [0.25, 0.3) is 4.83 Å². The molecule has 2 aromatic heterocycles. The van der Waals surface area contributed by atoms with Gasteiger partial charge in [-0.3, -0.25) is 0 Å². The minimum absolute atomic E-state index is 0.544. The van der Waals surface area contributed by atoms with Crippen molar-refractivity contribution in [2.75, 3.05) is 11.5 Å². The van der Waals surface area contributed by atoms with Gasteiger partial charge in [0.2, 0.25) is 5.13 Å². The summed E-state index contributed by atoms with van der Waals surface area (Å²) >= 11 is 1.39. The van der Waals surface area contributed by atoms with E-state index in [0.29, 0.717) is 5.13 Å². The molecule has 0 aliphatic heterocycles. The summed E-state index contributed by atoms with van der Waals surface area (Å²) in [4.78, 5) is 0.914. The van der Waals surface area contributed by atoms with Crippen LogP contribution in [0.5, 0.6) is 0 Å². The molecular formula is C5H6N4S. The maximum absolute atomic E-state index is 5.58. The van der Waals surface area contributed by atoms with Gasteiger partial charge in [0.15, 0.2) is 0 Å². The van der Waals surface area contributed by atoms with Crippen molar-refractivity contribution in [2.24, 2.45) is 0 Å². The number of nitrogens with zero attached hydrogens (tertiary/aromatic N) is 2. The van der Waals surface area contributed by atoms with Gasteiger partial charge in [-0.15, -0.1) is 5.10 Å². The second kappa shape index (κ2) is 1.63. The Morgan fingerprint density at radius 2 is 2.30 bits per heavy atom. The number of hydrogen-bond acceptors (Lipinski definition) is 4. The van der Waals surface area contributed by atoms with Crippen molar-refractivity contribution in [3.63, 3.8) is 0 Å². The summed E-state index contributed by atoms with van der Waals surface area (Å²) in [6.07, 6.45) is 1.79. The Labute approximate surface area is 61.1 Å². The van der Waals surface area contributed by atoms with E-state index in [0.717, 1.165) is 10.5 Å². The summed E-state index contributed by atoms with van der Waals surface area (Å²) in [5.41, 5.74) is 11.7. The fraction of sp³-hybridized carbons (Fsp3) is 0. The Bertz CT molecular complexity index is 360. The third-order valence-electron chi connectivity index (χ3n) is 1.26. The molecule has 0 amide bonds. The van der Waals surface area contributed by atoms with Crippen molar-refractivity contribution >= 4 is 27.0 Å². The topological polar surface area (TPSA) is 69.3 Å². The second-order valence-corrected chi connectivity index (χ2v) is 2.97. The van der Waals surface area contributed by atoms with E-state index in [1.807, 2.05) is 0 Å². The monoisotopic (exact) mass is 154 g/mol. The van der Waals surface area contributed by atoms with E-state index >= 15 is 0 Å². The van der Waals surface area contributed by atoms with E-state index in [2.05, 4.69) is 5.10 Å². The molecule has 0 fully saturated rings. The summed E-state index contributed by atoms with van der Waals surface area (Å²) in [5.74, 6) is 0. The Morgan fingerprint density at radius 3 is 3.00 bits per heavy atom. The zero-order valence-electron chi connectivity index (χ0n) is 5.11. The Morgan fingerprint density at radius 1 is 1.50 bits per heavy atom. The van der Waals surface area contributed by atoms with Crippen LogP contribution in [0.4, 0.5) is 10.8 Å². The van der Waals surface area contributed by atoms with Crippen molar-refractivity contribution in [1.82, 2.24) is 9.61 Å². The molecule has 0 unspecified atom stereocenters. The van der Waals surface area contributed by atoms with Gasteiger partial charge < -0.3 is 11.5 Å². The van der Waals surface area contributed by atoms with Gasteiger partial charge in [-0.05, 0) is 6.07 Å². The highest BCUT2D eigenvalue weighted by Crippen LogP contribution is 2.22. The smallest absolute Gasteiger partial charge is 0.201 e. The third kappa shape index (κ3) is 0.577. The molecule has 0 aromatic carbocycles. The minimum atomic E-state index is 0.544. The quantitative estimate of drug-likeness (QED) is 0.582. The van der Waals surface area contributed by atoms with Crippen molar-refractivity contribution in [2.45, 2.75) is 0 Å². The number of nitrogen functional groups attached to an aromatic ring is 2. The highest BCUT2D eigenvalue weighted by molar-refractivity contribution is 7.21. The number of aromatic nitrogens is 2. The van der Waals surface area contributed by atoms with E-state index in [-0.39, 0.29) is 0 Å². The lowest BCUT2D eigenvalue weighted by atomic mass is 10.6. The largest absolute Gasteiger partial charge is 0.396 e. The van der Waals surface area contributed by atoms with Crippen LogP contribution in [0, 0.1) is 0 Å². The van der Waals surface area contributed by atoms with Gasteiger partial charge in [0.05, 0.1) is 5.69 Å². The van der Waals surface area contributed by atoms with E-state index < -0.39 is 0 Å². The van der Waals surface area contributed by atoms with Crippen molar-refractivity contribution in [3.8, 4) is 0 Å². The summed E-state index contributed by atoms with van der Waals surface area (Å²) in [7, 11) is 0. The predicted octanol–water partition coefficient (Wildman–Crippen LogP) is 0.560. The molecule has 2 rings (SSSR count). The maximum Gasteiger partial charge on any atom is 0.201 e. The molecule has 0 radical (unpaired) electrons. The first-order valence-electron chi connectivity index (χ1n) is 2.76. The molecule has 5 heteroatoms. The van der Waals surface area contributed by atoms with Crippen molar-refractivity contribution < 1.29 is 0 Å². The van der Waals surface area contributed by atoms with Gasteiger partial charge in [-0.1, -0.05) is 11.3 Å². The molecule has 4 nitrogen and oxygen atoms in total. The predicted molar refractivity (Wildman–Crippen MR) is 41.9 cm³/mol. The van der Waals surface area contributed by atoms with Crippen LogP contribution in [0.15, 0.2) is 12.3 Å². The Balaban J connectivity index is 2.90. The van der Waals surface area contributed by atoms with Gasteiger partial charge >= 0.3 is 0 Å². The molecule has 4 N–H and O–H groups in total. The van der Waals surface area contributed by atoms with Crippen LogP contribution in [-0.2, 0) is 0 Å². The lowest BCUT2D eigenvalue weighted by molar-refractivity contribution is 0.984. The van der Waals surface area contributed by atoms with Crippen LogP contribution in [0.2, 0.25) is 0 Å². The van der Waals surface area contributed by atoms with Gasteiger partial charge in [0, 0.05) is 6.20 Å². The fourth-order valence-electron chi connectivity index (χ4n) is 0.832. The van der Waals surface area contributed by atoms with E-state index in [4.69, 9.17) is 11.5 Å². The van der Waals surface area contributed by atoms with E-state index in [1.54, 1.807) is 16.8 Å². The van der Waals surface area contributed by atoms with Gasteiger partial charge in [-0.2, -0.15) is 0 Å². The molecule has 0 atom stereocenters.